The van der Waals surface area contributed by atoms with E-state index < -0.39 is 10.0 Å². The summed E-state index contributed by atoms with van der Waals surface area (Å²) in [6, 6.07) is 7.57. The maximum absolute atomic E-state index is 11.5. The molecule has 0 atom stereocenters. The minimum absolute atomic E-state index is 0.692. The Bertz CT molecular complexity index is 467. The monoisotopic (exact) mass is 256 g/mol. The summed E-state index contributed by atoms with van der Waals surface area (Å²) in [4.78, 5) is 2.18. The van der Waals surface area contributed by atoms with E-state index in [1.807, 2.05) is 18.2 Å². The van der Waals surface area contributed by atoms with Crippen LogP contribution in [-0.2, 0) is 10.0 Å². The summed E-state index contributed by atoms with van der Waals surface area (Å²) in [5.74, 6) is 0. The molecular formula is C12H20N2O2S. The molecule has 0 aliphatic rings. The average Bonchev–Trinajstić information content (AvgIpc) is 2.29. The second kappa shape index (κ2) is 5.40. The summed E-state index contributed by atoms with van der Waals surface area (Å²) >= 11 is 0. The summed E-state index contributed by atoms with van der Waals surface area (Å²) in [7, 11) is -1.63. The van der Waals surface area contributed by atoms with Gasteiger partial charge in [0.15, 0.2) is 0 Å². The SMILES string of the molecule is CCN(CC)c1cccc(N(C)S(C)(=O)=O)c1. The molecule has 0 aliphatic carbocycles. The van der Waals surface area contributed by atoms with Gasteiger partial charge in [-0.1, -0.05) is 6.07 Å². The van der Waals surface area contributed by atoms with Crippen molar-refractivity contribution in [1.29, 1.82) is 0 Å². The maximum Gasteiger partial charge on any atom is 0.231 e. The highest BCUT2D eigenvalue weighted by molar-refractivity contribution is 7.92. The minimum Gasteiger partial charge on any atom is -0.372 e. The quantitative estimate of drug-likeness (QED) is 0.808. The Morgan fingerprint density at radius 3 is 2.12 bits per heavy atom. The van der Waals surface area contributed by atoms with Gasteiger partial charge in [-0.2, -0.15) is 0 Å². The van der Waals surface area contributed by atoms with Crippen LogP contribution >= 0.6 is 0 Å². The van der Waals surface area contributed by atoms with Crippen molar-refractivity contribution in [2.75, 3.05) is 35.6 Å². The predicted octanol–water partition coefficient (Wildman–Crippen LogP) is 1.93. The van der Waals surface area contributed by atoms with Crippen molar-refractivity contribution in [2.24, 2.45) is 0 Å². The fourth-order valence-electron chi connectivity index (χ4n) is 1.67. The zero-order chi connectivity index (χ0) is 13.1. The molecule has 1 rings (SSSR count). The Kier molecular flexibility index (Phi) is 4.40. The molecule has 0 N–H and O–H groups in total. The molecule has 0 fully saturated rings. The van der Waals surface area contributed by atoms with Crippen molar-refractivity contribution in [3.8, 4) is 0 Å². The van der Waals surface area contributed by atoms with Crippen LogP contribution in [0.25, 0.3) is 0 Å². The molecule has 96 valence electrons. The number of hydrogen-bond acceptors (Lipinski definition) is 3. The first-order valence-electron chi connectivity index (χ1n) is 5.69. The largest absolute Gasteiger partial charge is 0.372 e. The van der Waals surface area contributed by atoms with Gasteiger partial charge in [-0.25, -0.2) is 8.42 Å². The standard InChI is InChI=1S/C12H20N2O2S/c1-5-14(6-2)12-9-7-8-11(10-12)13(3)17(4,15)16/h7-10H,5-6H2,1-4H3. The van der Waals surface area contributed by atoms with Crippen LogP contribution in [-0.4, -0.2) is 34.8 Å². The van der Waals surface area contributed by atoms with Gasteiger partial charge in [0.05, 0.1) is 11.9 Å². The second-order valence-corrected chi connectivity index (χ2v) is 5.94. The van der Waals surface area contributed by atoms with Gasteiger partial charge in [-0.15, -0.1) is 0 Å². The molecule has 0 aromatic heterocycles. The summed E-state index contributed by atoms with van der Waals surface area (Å²) in [5, 5.41) is 0. The van der Waals surface area contributed by atoms with E-state index in [0.29, 0.717) is 5.69 Å². The van der Waals surface area contributed by atoms with E-state index in [0.717, 1.165) is 18.8 Å². The van der Waals surface area contributed by atoms with E-state index in [9.17, 15) is 8.42 Å². The van der Waals surface area contributed by atoms with Gasteiger partial charge < -0.3 is 4.90 Å². The van der Waals surface area contributed by atoms with Gasteiger partial charge in [0, 0.05) is 25.8 Å². The van der Waals surface area contributed by atoms with E-state index in [1.165, 1.54) is 10.6 Å². The molecule has 1 aromatic carbocycles. The molecule has 5 heteroatoms. The molecule has 1 aromatic rings. The molecule has 0 saturated carbocycles. The molecule has 0 amide bonds. The van der Waals surface area contributed by atoms with Gasteiger partial charge in [0.1, 0.15) is 0 Å². The van der Waals surface area contributed by atoms with Crippen molar-refractivity contribution in [3.63, 3.8) is 0 Å². The van der Waals surface area contributed by atoms with Gasteiger partial charge in [0.2, 0.25) is 10.0 Å². The highest BCUT2D eigenvalue weighted by Crippen LogP contribution is 2.22. The summed E-state index contributed by atoms with van der Waals surface area (Å²) in [5.41, 5.74) is 1.74. The molecule has 0 spiro atoms. The first-order chi connectivity index (χ1) is 7.90. The van der Waals surface area contributed by atoms with Crippen LogP contribution in [0.4, 0.5) is 11.4 Å². The van der Waals surface area contributed by atoms with Crippen LogP contribution < -0.4 is 9.21 Å². The van der Waals surface area contributed by atoms with Crippen molar-refractivity contribution in [3.05, 3.63) is 24.3 Å². The number of nitrogens with zero attached hydrogens (tertiary/aromatic N) is 2. The van der Waals surface area contributed by atoms with Gasteiger partial charge >= 0.3 is 0 Å². The fraction of sp³-hybridized carbons (Fsp3) is 0.500. The van der Waals surface area contributed by atoms with E-state index in [1.54, 1.807) is 13.1 Å². The number of rotatable bonds is 5. The Hall–Kier alpha value is -1.23. The zero-order valence-electron chi connectivity index (χ0n) is 10.8. The van der Waals surface area contributed by atoms with Gasteiger partial charge in [-0.3, -0.25) is 4.31 Å². The molecule has 17 heavy (non-hydrogen) atoms. The summed E-state index contributed by atoms with van der Waals surface area (Å²) in [6.07, 6.45) is 1.21. The van der Waals surface area contributed by atoms with E-state index >= 15 is 0 Å². The van der Waals surface area contributed by atoms with E-state index in [-0.39, 0.29) is 0 Å². The lowest BCUT2D eigenvalue weighted by molar-refractivity contribution is 0.600. The van der Waals surface area contributed by atoms with E-state index in [2.05, 4.69) is 18.7 Å². The molecule has 4 nitrogen and oxygen atoms in total. The molecule has 0 bridgehead atoms. The number of hydrogen-bond donors (Lipinski definition) is 0. The molecule has 0 radical (unpaired) electrons. The van der Waals surface area contributed by atoms with Crippen molar-refractivity contribution in [2.45, 2.75) is 13.8 Å². The maximum atomic E-state index is 11.5. The highest BCUT2D eigenvalue weighted by atomic mass is 32.2. The third-order valence-corrected chi connectivity index (χ3v) is 4.03. The average molecular weight is 256 g/mol. The minimum atomic E-state index is -3.20. The third-order valence-electron chi connectivity index (χ3n) is 2.82. The normalized spacial score (nSPS) is 11.3. The molecule has 0 unspecified atom stereocenters. The second-order valence-electron chi connectivity index (χ2n) is 3.92. The van der Waals surface area contributed by atoms with Crippen molar-refractivity contribution >= 4 is 21.4 Å². The number of sulfonamides is 1. The number of anilines is 2. The van der Waals surface area contributed by atoms with Gasteiger partial charge in [-0.05, 0) is 32.0 Å². The zero-order valence-corrected chi connectivity index (χ0v) is 11.7. The molecule has 0 heterocycles. The van der Waals surface area contributed by atoms with Crippen LogP contribution in [0, 0.1) is 0 Å². The molecule has 0 aliphatic heterocycles. The fourth-order valence-corrected chi connectivity index (χ4v) is 2.16. The first kappa shape index (κ1) is 13.8. The first-order valence-corrected chi connectivity index (χ1v) is 7.53. The topological polar surface area (TPSA) is 40.6 Å². The molecular weight excluding hydrogens is 236 g/mol. The lowest BCUT2D eigenvalue weighted by Gasteiger charge is -2.23. The highest BCUT2D eigenvalue weighted by Gasteiger charge is 2.12. The Morgan fingerprint density at radius 1 is 1.12 bits per heavy atom. The Balaban J connectivity index is 3.09. The number of benzene rings is 1. The lowest BCUT2D eigenvalue weighted by atomic mass is 10.2. The lowest BCUT2D eigenvalue weighted by Crippen LogP contribution is -2.26. The van der Waals surface area contributed by atoms with Crippen molar-refractivity contribution < 1.29 is 8.42 Å². The van der Waals surface area contributed by atoms with Crippen molar-refractivity contribution in [1.82, 2.24) is 0 Å². The van der Waals surface area contributed by atoms with Crippen LogP contribution in [0.3, 0.4) is 0 Å². The molecule has 0 saturated heterocycles. The van der Waals surface area contributed by atoms with Crippen LogP contribution in [0.5, 0.6) is 0 Å². The predicted molar refractivity (Wildman–Crippen MR) is 73.2 cm³/mol. The smallest absolute Gasteiger partial charge is 0.231 e. The summed E-state index contributed by atoms with van der Waals surface area (Å²) < 4.78 is 24.2. The van der Waals surface area contributed by atoms with Crippen LogP contribution in [0.2, 0.25) is 0 Å². The third kappa shape index (κ3) is 3.36. The van der Waals surface area contributed by atoms with E-state index in [4.69, 9.17) is 0 Å². The van der Waals surface area contributed by atoms with Crippen LogP contribution in [0.1, 0.15) is 13.8 Å². The van der Waals surface area contributed by atoms with Crippen LogP contribution in [0.15, 0.2) is 24.3 Å². The summed E-state index contributed by atoms with van der Waals surface area (Å²) in [6.45, 7) is 5.97. The Morgan fingerprint density at radius 2 is 1.65 bits per heavy atom. The Labute approximate surface area is 104 Å². The van der Waals surface area contributed by atoms with Gasteiger partial charge in [0.25, 0.3) is 0 Å².